The maximum absolute atomic E-state index is 13.0. The molecule has 0 amide bonds. The van der Waals surface area contributed by atoms with Gasteiger partial charge in [0, 0.05) is 31.7 Å². The van der Waals surface area contributed by atoms with Gasteiger partial charge in [-0.2, -0.15) is 22.5 Å². The lowest BCUT2D eigenvalue weighted by molar-refractivity contribution is -0.137. The molecular formula is C22H23F3N4O3S. The van der Waals surface area contributed by atoms with E-state index in [4.69, 9.17) is 4.52 Å². The van der Waals surface area contributed by atoms with Gasteiger partial charge in [0.2, 0.25) is 21.7 Å². The second-order valence-electron chi connectivity index (χ2n) is 7.96. The third-order valence-corrected chi connectivity index (χ3v) is 7.64. The number of alkyl halides is 3. The van der Waals surface area contributed by atoms with E-state index < -0.39 is 21.8 Å². The number of benzene rings is 2. The van der Waals surface area contributed by atoms with E-state index in [1.54, 1.807) is 24.3 Å². The normalized spacial score (nSPS) is 17.2. The standard InChI is InChI=1S/C22H23F3N4O3S/c1-15-6-8-19(9-7-15)33(30,31)29-12-10-28(11-13-29)16(2)21-26-20(27-32-21)17-4-3-5-18(14-17)22(23,24)25/h3-9,14,16H,10-13H2,1-2H3/t16-/m1/s1. The molecule has 1 aromatic heterocycles. The number of halogens is 3. The molecule has 1 saturated heterocycles. The van der Waals surface area contributed by atoms with Gasteiger partial charge in [0.15, 0.2) is 0 Å². The van der Waals surface area contributed by atoms with Gasteiger partial charge in [-0.25, -0.2) is 8.42 Å². The zero-order valence-corrected chi connectivity index (χ0v) is 18.9. The molecular weight excluding hydrogens is 457 g/mol. The third-order valence-electron chi connectivity index (χ3n) is 5.73. The van der Waals surface area contributed by atoms with E-state index in [1.165, 1.54) is 16.4 Å². The molecule has 2 heterocycles. The fourth-order valence-electron chi connectivity index (χ4n) is 3.70. The number of aryl methyl sites for hydroxylation is 1. The first-order chi connectivity index (χ1) is 15.6. The van der Waals surface area contributed by atoms with Gasteiger partial charge >= 0.3 is 6.18 Å². The van der Waals surface area contributed by atoms with Crippen LogP contribution in [0.2, 0.25) is 0 Å². The zero-order chi connectivity index (χ0) is 23.8. The third kappa shape index (κ3) is 4.94. The van der Waals surface area contributed by atoms with Crippen LogP contribution in [0.15, 0.2) is 57.9 Å². The highest BCUT2D eigenvalue weighted by Gasteiger charge is 2.33. The average molecular weight is 481 g/mol. The Bertz CT molecular complexity index is 1220. The molecule has 2 aromatic carbocycles. The van der Waals surface area contributed by atoms with Crippen LogP contribution in [0, 0.1) is 6.92 Å². The SMILES string of the molecule is Cc1ccc(S(=O)(=O)N2CCN([C@H](C)c3nc(-c4cccc(C(F)(F)F)c4)no3)CC2)cc1. The number of nitrogens with zero attached hydrogens (tertiary/aromatic N) is 4. The molecule has 0 spiro atoms. The van der Waals surface area contributed by atoms with E-state index in [-0.39, 0.29) is 28.2 Å². The molecule has 176 valence electrons. The molecule has 0 N–H and O–H groups in total. The lowest BCUT2D eigenvalue weighted by Gasteiger charge is -2.36. The van der Waals surface area contributed by atoms with Crippen molar-refractivity contribution in [2.24, 2.45) is 0 Å². The van der Waals surface area contributed by atoms with E-state index >= 15 is 0 Å². The topological polar surface area (TPSA) is 79.5 Å². The molecule has 3 aromatic rings. The van der Waals surface area contributed by atoms with Crippen LogP contribution in [0.3, 0.4) is 0 Å². The van der Waals surface area contributed by atoms with Crippen molar-refractivity contribution in [3.05, 3.63) is 65.5 Å². The van der Waals surface area contributed by atoms with Crippen molar-refractivity contribution in [3.63, 3.8) is 0 Å². The van der Waals surface area contributed by atoms with E-state index in [2.05, 4.69) is 10.1 Å². The molecule has 1 aliphatic rings. The molecule has 0 bridgehead atoms. The first kappa shape index (κ1) is 23.4. The molecule has 1 atom stereocenters. The van der Waals surface area contributed by atoms with Gasteiger partial charge in [-0.05, 0) is 38.1 Å². The predicted molar refractivity (Wildman–Crippen MR) is 115 cm³/mol. The second kappa shape index (κ2) is 8.88. The Morgan fingerprint density at radius 2 is 1.70 bits per heavy atom. The first-order valence-electron chi connectivity index (χ1n) is 10.4. The first-order valence-corrected chi connectivity index (χ1v) is 11.8. The highest BCUT2D eigenvalue weighted by atomic mass is 32.2. The molecule has 0 saturated carbocycles. The van der Waals surface area contributed by atoms with Gasteiger partial charge in [0.05, 0.1) is 16.5 Å². The van der Waals surface area contributed by atoms with Crippen LogP contribution in [0.1, 0.15) is 30.0 Å². The molecule has 0 aliphatic carbocycles. The van der Waals surface area contributed by atoms with E-state index in [9.17, 15) is 21.6 Å². The minimum atomic E-state index is -4.46. The van der Waals surface area contributed by atoms with Gasteiger partial charge in [-0.3, -0.25) is 4.90 Å². The van der Waals surface area contributed by atoms with Gasteiger partial charge in [-0.1, -0.05) is 35.0 Å². The summed E-state index contributed by atoms with van der Waals surface area (Å²) in [5.41, 5.74) is 0.406. The smallest absolute Gasteiger partial charge is 0.337 e. The quantitative estimate of drug-likeness (QED) is 0.546. The van der Waals surface area contributed by atoms with Gasteiger partial charge in [0.1, 0.15) is 0 Å². The Morgan fingerprint density at radius 1 is 1.03 bits per heavy atom. The Hall–Kier alpha value is -2.76. The van der Waals surface area contributed by atoms with Gasteiger partial charge in [-0.15, -0.1) is 0 Å². The van der Waals surface area contributed by atoms with Crippen LogP contribution < -0.4 is 0 Å². The summed E-state index contributed by atoms with van der Waals surface area (Å²) in [5, 5.41) is 3.84. The molecule has 4 rings (SSSR count). The largest absolute Gasteiger partial charge is 0.416 e. The van der Waals surface area contributed by atoms with Gasteiger partial charge < -0.3 is 4.52 Å². The number of piperazine rings is 1. The number of hydrogen-bond acceptors (Lipinski definition) is 6. The summed E-state index contributed by atoms with van der Waals surface area (Å²) in [4.78, 5) is 6.55. The van der Waals surface area contributed by atoms with Gasteiger partial charge in [0.25, 0.3) is 0 Å². The summed E-state index contributed by atoms with van der Waals surface area (Å²) >= 11 is 0. The fourth-order valence-corrected chi connectivity index (χ4v) is 5.13. The monoisotopic (exact) mass is 480 g/mol. The second-order valence-corrected chi connectivity index (χ2v) is 9.90. The minimum Gasteiger partial charge on any atom is -0.337 e. The van der Waals surface area contributed by atoms with Crippen molar-refractivity contribution in [1.29, 1.82) is 0 Å². The highest BCUT2D eigenvalue weighted by molar-refractivity contribution is 7.89. The maximum atomic E-state index is 13.0. The van der Waals surface area contributed by atoms with Crippen molar-refractivity contribution >= 4 is 10.0 Å². The summed E-state index contributed by atoms with van der Waals surface area (Å²) in [6.07, 6.45) is -4.46. The van der Waals surface area contributed by atoms with Crippen LogP contribution in [0.4, 0.5) is 13.2 Å². The summed E-state index contributed by atoms with van der Waals surface area (Å²) in [6.45, 7) is 5.24. The zero-order valence-electron chi connectivity index (χ0n) is 18.1. The Balaban J connectivity index is 1.43. The van der Waals surface area contributed by atoms with Crippen LogP contribution in [-0.4, -0.2) is 53.9 Å². The lowest BCUT2D eigenvalue weighted by Crippen LogP contribution is -2.49. The van der Waals surface area contributed by atoms with E-state index in [1.807, 2.05) is 18.7 Å². The Morgan fingerprint density at radius 3 is 2.33 bits per heavy atom. The molecule has 33 heavy (non-hydrogen) atoms. The molecule has 1 aliphatic heterocycles. The van der Waals surface area contributed by atoms with Crippen LogP contribution in [-0.2, 0) is 16.2 Å². The molecule has 0 radical (unpaired) electrons. The average Bonchev–Trinajstić information content (AvgIpc) is 3.29. The lowest BCUT2D eigenvalue weighted by atomic mass is 10.1. The fraction of sp³-hybridized carbons (Fsp3) is 0.364. The molecule has 7 nitrogen and oxygen atoms in total. The molecule has 1 fully saturated rings. The highest BCUT2D eigenvalue weighted by Crippen LogP contribution is 2.32. The maximum Gasteiger partial charge on any atom is 0.416 e. The van der Waals surface area contributed by atoms with E-state index in [0.29, 0.717) is 26.2 Å². The summed E-state index contributed by atoms with van der Waals surface area (Å²) in [6, 6.07) is 11.2. The van der Waals surface area contributed by atoms with Crippen LogP contribution >= 0.6 is 0 Å². The van der Waals surface area contributed by atoms with Crippen LogP contribution in [0.5, 0.6) is 0 Å². The predicted octanol–water partition coefficient (Wildman–Crippen LogP) is 4.13. The summed E-state index contributed by atoms with van der Waals surface area (Å²) in [5.74, 6) is 0.334. The number of aromatic nitrogens is 2. The van der Waals surface area contributed by atoms with Crippen molar-refractivity contribution in [2.45, 2.75) is 31.0 Å². The molecule has 0 unspecified atom stereocenters. The summed E-state index contributed by atoms with van der Waals surface area (Å²) < 4.78 is 71.5. The number of rotatable bonds is 5. The van der Waals surface area contributed by atoms with Crippen molar-refractivity contribution in [3.8, 4) is 11.4 Å². The Kier molecular flexibility index (Phi) is 6.30. The summed E-state index contributed by atoms with van der Waals surface area (Å²) in [7, 11) is -3.58. The van der Waals surface area contributed by atoms with Crippen molar-refractivity contribution in [1.82, 2.24) is 19.3 Å². The van der Waals surface area contributed by atoms with E-state index in [0.717, 1.165) is 17.7 Å². The minimum absolute atomic E-state index is 0.0727. The Labute approximate surface area is 189 Å². The van der Waals surface area contributed by atoms with Crippen molar-refractivity contribution < 1.29 is 26.1 Å². The number of hydrogen-bond donors (Lipinski definition) is 0. The molecule has 11 heteroatoms. The van der Waals surface area contributed by atoms with Crippen LogP contribution in [0.25, 0.3) is 11.4 Å². The number of sulfonamides is 1. The van der Waals surface area contributed by atoms with Crippen molar-refractivity contribution in [2.75, 3.05) is 26.2 Å².